The monoisotopic (exact) mass is 385 g/mol. The van der Waals surface area contributed by atoms with Crippen LogP contribution in [0.4, 0.5) is 5.00 Å². The van der Waals surface area contributed by atoms with Gasteiger partial charge in [-0.15, -0.1) is 21.5 Å². The molecule has 0 radical (unpaired) electrons. The summed E-state index contributed by atoms with van der Waals surface area (Å²) in [5, 5.41) is 12.2. The second kappa shape index (κ2) is 8.59. The third-order valence-corrected chi connectivity index (χ3v) is 6.46. The molecular formula is C15H19N3O3S3. The highest BCUT2D eigenvalue weighted by molar-refractivity contribution is 8.01. The van der Waals surface area contributed by atoms with Crippen molar-refractivity contribution in [3.63, 3.8) is 0 Å². The molecule has 24 heavy (non-hydrogen) atoms. The van der Waals surface area contributed by atoms with Crippen molar-refractivity contribution >= 4 is 51.3 Å². The highest BCUT2D eigenvalue weighted by Crippen LogP contribution is 2.34. The minimum atomic E-state index is -0.395. The van der Waals surface area contributed by atoms with Crippen LogP contribution in [0.1, 0.15) is 39.7 Å². The number of hydrogen-bond donors (Lipinski definition) is 1. The lowest BCUT2D eigenvalue weighted by Crippen LogP contribution is -2.16. The first-order chi connectivity index (χ1) is 11.5. The molecule has 2 rings (SSSR count). The Bertz CT molecular complexity index is 740. The van der Waals surface area contributed by atoms with Crippen LogP contribution in [0.3, 0.4) is 0 Å². The van der Waals surface area contributed by atoms with Crippen LogP contribution in [-0.2, 0) is 16.0 Å². The summed E-state index contributed by atoms with van der Waals surface area (Å²) in [5.74, 6) is -0.356. The highest BCUT2D eigenvalue weighted by atomic mass is 32.2. The largest absolute Gasteiger partial charge is 0.462 e. The summed E-state index contributed by atoms with van der Waals surface area (Å²) in [6.45, 7) is 7.84. The molecule has 2 aromatic heterocycles. The molecule has 2 heterocycles. The molecule has 0 aliphatic carbocycles. The molecule has 0 atom stereocenters. The fourth-order valence-electron chi connectivity index (χ4n) is 2.06. The van der Waals surface area contributed by atoms with Gasteiger partial charge in [0.05, 0.1) is 17.9 Å². The van der Waals surface area contributed by atoms with E-state index in [4.69, 9.17) is 4.74 Å². The molecule has 0 aliphatic rings. The third kappa shape index (κ3) is 4.55. The first-order valence-corrected chi connectivity index (χ1v) is 10.1. The van der Waals surface area contributed by atoms with Gasteiger partial charge in [-0.2, -0.15) is 0 Å². The molecule has 0 fully saturated rings. The molecule has 0 unspecified atom stereocenters. The minimum Gasteiger partial charge on any atom is -0.462 e. The number of anilines is 1. The Morgan fingerprint density at radius 1 is 1.21 bits per heavy atom. The van der Waals surface area contributed by atoms with E-state index in [1.165, 1.54) is 34.4 Å². The van der Waals surface area contributed by atoms with Crippen LogP contribution in [0.25, 0.3) is 0 Å². The number of aromatic nitrogens is 2. The van der Waals surface area contributed by atoms with Gasteiger partial charge in [0.1, 0.15) is 10.0 Å². The zero-order chi connectivity index (χ0) is 17.7. The number of thioether (sulfide) groups is 1. The summed E-state index contributed by atoms with van der Waals surface area (Å²) >= 11 is 4.21. The lowest BCUT2D eigenvalue weighted by Gasteiger charge is -2.06. The number of amides is 1. The maximum absolute atomic E-state index is 12.2. The van der Waals surface area contributed by atoms with E-state index < -0.39 is 5.97 Å². The molecule has 9 heteroatoms. The highest BCUT2D eigenvalue weighted by Gasteiger charge is 2.23. The quantitative estimate of drug-likeness (QED) is 0.578. The Hall–Kier alpha value is -1.45. The third-order valence-electron chi connectivity index (χ3n) is 3.13. The Morgan fingerprint density at radius 3 is 2.54 bits per heavy atom. The smallest absolute Gasteiger partial charge is 0.341 e. The Labute approximate surface area is 153 Å². The number of hydrogen-bond acceptors (Lipinski definition) is 8. The molecule has 0 aliphatic heterocycles. The molecule has 6 nitrogen and oxygen atoms in total. The molecule has 0 saturated carbocycles. The van der Waals surface area contributed by atoms with Crippen LogP contribution >= 0.6 is 34.4 Å². The van der Waals surface area contributed by atoms with Crippen molar-refractivity contribution < 1.29 is 14.3 Å². The molecule has 0 aromatic carbocycles. The van der Waals surface area contributed by atoms with Gasteiger partial charge in [0, 0.05) is 4.88 Å². The van der Waals surface area contributed by atoms with Gasteiger partial charge in [-0.25, -0.2) is 4.79 Å². The molecule has 1 N–H and O–H groups in total. The van der Waals surface area contributed by atoms with E-state index in [-0.39, 0.29) is 11.7 Å². The van der Waals surface area contributed by atoms with Crippen molar-refractivity contribution in [2.24, 2.45) is 0 Å². The van der Waals surface area contributed by atoms with Crippen LogP contribution < -0.4 is 5.32 Å². The van der Waals surface area contributed by atoms with Crippen molar-refractivity contribution in [1.82, 2.24) is 10.2 Å². The number of thiophene rings is 1. The van der Waals surface area contributed by atoms with E-state index in [1.807, 2.05) is 20.8 Å². The van der Waals surface area contributed by atoms with E-state index in [0.717, 1.165) is 26.2 Å². The predicted molar refractivity (Wildman–Crippen MR) is 98.4 cm³/mol. The first-order valence-electron chi connectivity index (χ1n) is 7.48. The Balaban J connectivity index is 2.09. The predicted octanol–water partition coefficient (Wildman–Crippen LogP) is 3.69. The van der Waals surface area contributed by atoms with E-state index >= 15 is 0 Å². The van der Waals surface area contributed by atoms with E-state index in [2.05, 4.69) is 15.5 Å². The second-order valence-electron chi connectivity index (χ2n) is 4.85. The lowest BCUT2D eigenvalue weighted by molar-refractivity contribution is -0.113. The summed E-state index contributed by atoms with van der Waals surface area (Å²) in [7, 11) is 0. The van der Waals surface area contributed by atoms with Gasteiger partial charge in [-0.3, -0.25) is 4.79 Å². The lowest BCUT2D eigenvalue weighted by atomic mass is 10.1. The van der Waals surface area contributed by atoms with Crippen molar-refractivity contribution in [2.45, 2.75) is 38.5 Å². The molecule has 130 valence electrons. The fraction of sp³-hybridized carbons (Fsp3) is 0.467. The number of nitrogens with one attached hydrogen (secondary N) is 1. The van der Waals surface area contributed by atoms with Crippen molar-refractivity contribution in [1.29, 1.82) is 0 Å². The number of nitrogens with zero attached hydrogens (tertiary/aromatic N) is 2. The van der Waals surface area contributed by atoms with Crippen molar-refractivity contribution in [3.8, 4) is 0 Å². The number of rotatable bonds is 7. The maximum atomic E-state index is 12.2. The molecular weight excluding hydrogens is 366 g/mol. The van der Waals surface area contributed by atoms with Crippen LogP contribution in [0.2, 0.25) is 0 Å². The van der Waals surface area contributed by atoms with E-state index in [0.29, 0.717) is 17.2 Å². The summed E-state index contributed by atoms with van der Waals surface area (Å²) in [5.41, 5.74) is 1.34. The SMILES string of the molecule is CCOC(=O)c1c(NC(=O)CSc2nnc(C)s2)sc(CC)c1C. The van der Waals surface area contributed by atoms with Crippen molar-refractivity contribution in [3.05, 3.63) is 21.0 Å². The second-order valence-corrected chi connectivity index (χ2v) is 8.36. The molecule has 0 saturated heterocycles. The average Bonchev–Trinajstić information content (AvgIpc) is 3.08. The van der Waals surface area contributed by atoms with E-state index in [1.54, 1.807) is 6.92 Å². The minimum absolute atomic E-state index is 0.178. The normalized spacial score (nSPS) is 10.7. The number of carbonyl (C=O) groups excluding carboxylic acids is 2. The number of aryl methyl sites for hydroxylation is 2. The van der Waals surface area contributed by atoms with Crippen LogP contribution in [0.5, 0.6) is 0 Å². The van der Waals surface area contributed by atoms with Crippen LogP contribution in [0.15, 0.2) is 4.34 Å². The van der Waals surface area contributed by atoms with Gasteiger partial charge in [-0.05, 0) is 32.8 Å². The number of ether oxygens (including phenoxy) is 1. The van der Waals surface area contributed by atoms with Crippen LogP contribution in [-0.4, -0.2) is 34.4 Å². The van der Waals surface area contributed by atoms with Gasteiger partial charge >= 0.3 is 5.97 Å². The van der Waals surface area contributed by atoms with Crippen LogP contribution in [0, 0.1) is 13.8 Å². The fourth-order valence-corrected chi connectivity index (χ4v) is 4.83. The average molecular weight is 386 g/mol. The summed E-state index contributed by atoms with van der Waals surface area (Å²) in [4.78, 5) is 25.5. The Kier molecular flexibility index (Phi) is 6.76. The molecule has 0 bridgehead atoms. The first kappa shape index (κ1) is 18.9. The standard InChI is InChI=1S/C15H19N3O3S3/c1-5-10-8(3)12(14(20)21-6-2)13(24-10)16-11(19)7-22-15-18-17-9(4)23-15/h5-7H2,1-4H3,(H,16,19). The van der Waals surface area contributed by atoms with Gasteiger partial charge in [0.15, 0.2) is 4.34 Å². The molecule has 0 spiro atoms. The molecule has 2 aromatic rings. The zero-order valence-electron chi connectivity index (χ0n) is 14.0. The van der Waals surface area contributed by atoms with Gasteiger partial charge in [0.2, 0.25) is 5.91 Å². The van der Waals surface area contributed by atoms with Gasteiger partial charge in [-0.1, -0.05) is 30.0 Å². The summed E-state index contributed by atoms with van der Waals surface area (Å²) in [6, 6.07) is 0. The molecule has 1 amide bonds. The van der Waals surface area contributed by atoms with E-state index in [9.17, 15) is 9.59 Å². The summed E-state index contributed by atoms with van der Waals surface area (Å²) in [6.07, 6.45) is 0.803. The summed E-state index contributed by atoms with van der Waals surface area (Å²) < 4.78 is 5.87. The topological polar surface area (TPSA) is 81.2 Å². The number of carbonyl (C=O) groups is 2. The Morgan fingerprint density at radius 2 is 1.96 bits per heavy atom. The zero-order valence-corrected chi connectivity index (χ0v) is 16.4. The maximum Gasteiger partial charge on any atom is 0.341 e. The van der Waals surface area contributed by atoms with Gasteiger partial charge < -0.3 is 10.1 Å². The number of esters is 1. The van der Waals surface area contributed by atoms with Gasteiger partial charge in [0.25, 0.3) is 0 Å². The van der Waals surface area contributed by atoms with Crippen molar-refractivity contribution in [2.75, 3.05) is 17.7 Å².